The number of amides is 1. The first kappa shape index (κ1) is 19.1. The van der Waals surface area contributed by atoms with Gasteiger partial charge in [-0.3, -0.25) is 9.78 Å². The summed E-state index contributed by atoms with van der Waals surface area (Å²) in [6, 6.07) is 3.95. The Kier molecular flexibility index (Phi) is 5.54. The minimum absolute atomic E-state index is 0.108. The van der Waals surface area contributed by atoms with E-state index in [0.717, 1.165) is 11.0 Å². The molecule has 0 radical (unpaired) electrons. The summed E-state index contributed by atoms with van der Waals surface area (Å²) in [6.45, 7) is 0.990. The Balaban J connectivity index is 1.74. The van der Waals surface area contributed by atoms with Gasteiger partial charge in [-0.15, -0.1) is 0 Å². The lowest BCUT2D eigenvalue weighted by Gasteiger charge is -2.37. The highest BCUT2D eigenvalue weighted by Gasteiger charge is 2.47. The predicted octanol–water partition coefficient (Wildman–Crippen LogP) is 0.826. The van der Waals surface area contributed by atoms with Crippen LogP contribution in [0.3, 0.4) is 0 Å². The van der Waals surface area contributed by atoms with Crippen molar-refractivity contribution in [3.63, 3.8) is 0 Å². The Morgan fingerprint density at radius 1 is 1.23 bits per heavy atom. The predicted molar refractivity (Wildman–Crippen MR) is 89.0 cm³/mol. The first-order chi connectivity index (χ1) is 12.3. The molecular weight excluding hydrogens is 368 g/mol. The Labute approximate surface area is 151 Å². The topological polar surface area (TPSA) is 79.8 Å². The van der Waals surface area contributed by atoms with E-state index in [4.69, 9.17) is 4.74 Å². The van der Waals surface area contributed by atoms with Crippen molar-refractivity contribution >= 4 is 15.9 Å². The molecule has 26 heavy (non-hydrogen) atoms. The molecule has 7 nitrogen and oxygen atoms in total. The molecular formula is C16H21F2N3O4S. The first-order valence-corrected chi connectivity index (χ1v) is 9.99. The zero-order valence-electron chi connectivity index (χ0n) is 14.2. The van der Waals surface area contributed by atoms with Crippen molar-refractivity contribution in [3.05, 3.63) is 30.1 Å². The van der Waals surface area contributed by atoms with Gasteiger partial charge in [-0.25, -0.2) is 8.42 Å². The van der Waals surface area contributed by atoms with Crippen molar-refractivity contribution in [1.82, 2.24) is 14.2 Å². The van der Waals surface area contributed by atoms with E-state index in [9.17, 15) is 22.0 Å². The number of ether oxygens (including phenoxy) is 1. The Hall–Kier alpha value is -1.65. The molecule has 0 N–H and O–H groups in total. The van der Waals surface area contributed by atoms with Gasteiger partial charge in [0.05, 0.1) is 18.5 Å². The maximum atomic E-state index is 14.5. The maximum Gasteiger partial charge on any atom is 0.366 e. The maximum absolute atomic E-state index is 14.5. The number of piperidine rings is 1. The van der Waals surface area contributed by atoms with Gasteiger partial charge in [0.25, 0.3) is 5.91 Å². The number of hydrogen-bond donors (Lipinski definition) is 0. The summed E-state index contributed by atoms with van der Waals surface area (Å²) in [4.78, 5) is 16.9. The van der Waals surface area contributed by atoms with Crippen molar-refractivity contribution in [2.45, 2.75) is 24.0 Å². The summed E-state index contributed by atoms with van der Waals surface area (Å²) in [5, 5.41) is -0.877. The molecule has 1 atom stereocenters. The monoisotopic (exact) mass is 389 g/mol. The quantitative estimate of drug-likeness (QED) is 0.762. The van der Waals surface area contributed by atoms with Crippen LogP contribution in [0, 0.1) is 0 Å². The number of alkyl halides is 2. The second-order valence-electron chi connectivity index (χ2n) is 6.36. The lowest BCUT2D eigenvalue weighted by Crippen LogP contribution is -2.54. The number of nitrogens with zero attached hydrogens (tertiary/aromatic N) is 3. The lowest BCUT2D eigenvalue weighted by molar-refractivity contribution is -0.160. The van der Waals surface area contributed by atoms with Gasteiger partial charge >= 0.3 is 5.92 Å². The van der Waals surface area contributed by atoms with Crippen LogP contribution >= 0.6 is 0 Å². The minimum atomic E-state index is -3.79. The molecule has 10 heteroatoms. The van der Waals surface area contributed by atoms with Crippen LogP contribution in [-0.4, -0.2) is 73.2 Å². The summed E-state index contributed by atoms with van der Waals surface area (Å²) in [7, 11) is -3.66. The second kappa shape index (κ2) is 7.53. The van der Waals surface area contributed by atoms with Gasteiger partial charge < -0.3 is 9.64 Å². The van der Waals surface area contributed by atoms with Crippen LogP contribution in [0.25, 0.3) is 0 Å². The molecule has 0 spiro atoms. The average Bonchev–Trinajstić information content (AvgIpc) is 2.69. The molecule has 0 aliphatic carbocycles. The highest BCUT2D eigenvalue weighted by atomic mass is 32.2. The van der Waals surface area contributed by atoms with Crippen LogP contribution in [0.5, 0.6) is 0 Å². The molecule has 2 saturated heterocycles. The highest BCUT2D eigenvalue weighted by molar-refractivity contribution is 7.89. The number of halogens is 2. The van der Waals surface area contributed by atoms with Crippen molar-refractivity contribution in [2.75, 3.05) is 39.4 Å². The molecule has 0 aromatic carbocycles. The molecule has 3 rings (SSSR count). The first-order valence-electron chi connectivity index (χ1n) is 8.49. The summed E-state index contributed by atoms with van der Waals surface area (Å²) >= 11 is 0. The molecule has 3 heterocycles. The van der Waals surface area contributed by atoms with Crippen LogP contribution < -0.4 is 0 Å². The van der Waals surface area contributed by atoms with Gasteiger partial charge in [0.2, 0.25) is 10.0 Å². The molecule has 2 aliphatic rings. The fourth-order valence-electron chi connectivity index (χ4n) is 3.23. The van der Waals surface area contributed by atoms with E-state index in [1.54, 1.807) is 0 Å². The molecule has 2 fully saturated rings. The number of pyridine rings is 1. The van der Waals surface area contributed by atoms with E-state index in [-0.39, 0.29) is 26.2 Å². The molecule has 0 bridgehead atoms. The summed E-state index contributed by atoms with van der Waals surface area (Å²) < 4.78 is 61.0. The highest BCUT2D eigenvalue weighted by Crippen LogP contribution is 2.31. The largest absolute Gasteiger partial charge is 0.379 e. The van der Waals surface area contributed by atoms with Crippen molar-refractivity contribution < 1.29 is 26.7 Å². The number of sulfonamides is 1. The summed E-state index contributed by atoms with van der Waals surface area (Å²) in [6.07, 6.45) is 1.90. The van der Waals surface area contributed by atoms with Crippen LogP contribution in [0.1, 0.15) is 18.5 Å². The zero-order valence-corrected chi connectivity index (χ0v) is 15.0. The van der Waals surface area contributed by atoms with E-state index < -0.39 is 32.8 Å². The van der Waals surface area contributed by atoms with Gasteiger partial charge in [-0.2, -0.15) is 13.1 Å². The smallest absolute Gasteiger partial charge is 0.366 e. The zero-order chi connectivity index (χ0) is 18.8. The van der Waals surface area contributed by atoms with Crippen LogP contribution in [0.2, 0.25) is 0 Å². The van der Waals surface area contributed by atoms with Crippen LogP contribution in [0.15, 0.2) is 24.4 Å². The van der Waals surface area contributed by atoms with E-state index in [2.05, 4.69) is 4.98 Å². The third-order valence-electron chi connectivity index (χ3n) is 4.67. The van der Waals surface area contributed by atoms with Gasteiger partial charge in [-0.05, 0) is 25.0 Å². The minimum Gasteiger partial charge on any atom is -0.379 e. The van der Waals surface area contributed by atoms with Crippen molar-refractivity contribution in [3.8, 4) is 0 Å². The normalized spacial score (nSPS) is 23.0. The van der Waals surface area contributed by atoms with E-state index in [0.29, 0.717) is 26.1 Å². The molecule has 144 valence electrons. The number of likely N-dealkylation sites (tertiary alicyclic amines) is 1. The SMILES string of the molecule is O=C(N1CCC[C@@H](S(=O)(=O)N2CCOCC2)C1)C(F)(F)c1ccccn1. The summed E-state index contributed by atoms with van der Waals surface area (Å²) in [5.41, 5.74) is -0.636. The standard InChI is InChI=1S/C16H21F2N3O4S/c17-16(18,14-5-1-2-6-19-14)15(22)20-7-3-4-13(12-20)26(23,24)21-8-10-25-11-9-21/h1-2,5-6,13H,3-4,7-12H2/t13-/m1/s1. The Bertz CT molecular complexity index is 739. The lowest BCUT2D eigenvalue weighted by atomic mass is 10.1. The molecule has 1 aromatic heterocycles. The number of rotatable bonds is 4. The van der Waals surface area contributed by atoms with E-state index in [1.807, 2.05) is 0 Å². The molecule has 0 unspecified atom stereocenters. The van der Waals surface area contributed by atoms with Crippen LogP contribution in [0.4, 0.5) is 8.78 Å². The fraction of sp³-hybridized carbons (Fsp3) is 0.625. The number of morpholine rings is 1. The van der Waals surface area contributed by atoms with Gasteiger partial charge in [0.1, 0.15) is 5.69 Å². The van der Waals surface area contributed by atoms with Gasteiger partial charge in [-0.1, -0.05) is 6.07 Å². The van der Waals surface area contributed by atoms with E-state index in [1.165, 1.54) is 22.6 Å². The third-order valence-corrected chi connectivity index (χ3v) is 6.98. The third kappa shape index (κ3) is 3.72. The van der Waals surface area contributed by atoms with Crippen LogP contribution in [-0.2, 0) is 25.5 Å². The van der Waals surface area contributed by atoms with E-state index >= 15 is 0 Å². The number of carbonyl (C=O) groups is 1. The number of aromatic nitrogens is 1. The van der Waals surface area contributed by atoms with Crippen molar-refractivity contribution in [1.29, 1.82) is 0 Å². The molecule has 0 saturated carbocycles. The Morgan fingerprint density at radius 3 is 2.62 bits per heavy atom. The Morgan fingerprint density at radius 2 is 1.96 bits per heavy atom. The van der Waals surface area contributed by atoms with Crippen molar-refractivity contribution in [2.24, 2.45) is 0 Å². The van der Waals surface area contributed by atoms with Gasteiger partial charge in [0.15, 0.2) is 0 Å². The number of carbonyl (C=O) groups excluding carboxylic acids is 1. The fourth-order valence-corrected chi connectivity index (χ4v) is 5.15. The second-order valence-corrected chi connectivity index (χ2v) is 8.57. The molecule has 1 aromatic rings. The molecule has 1 amide bonds. The molecule has 2 aliphatic heterocycles. The number of hydrogen-bond acceptors (Lipinski definition) is 5. The summed E-state index contributed by atoms with van der Waals surface area (Å²) in [5.74, 6) is -5.19. The average molecular weight is 389 g/mol. The van der Waals surface area contributed by atoms with Gasteiger partial charge in [0, 0.05) is 32.4 Å².